The van der Waals surface area contributed by atoms with E-state index in [0.29, 0.717) is 56.1 Å². The van der Waals surface area contributed by atoms with Crippen LogP contribution in [0.5, 0.6) is 5.75 Å². The molecule has 3 aromatic rings. The van der Waals surface area contributed by atoms with E-state index in [9.17, 15) is 9.90 Å². The Morgan fingerprint density at radius 2 is 1.65 bits per heavy atom. The summed E-state index contributed by atoms with van der Waals surface area (Å²) in [6.07, 6.45) is 3.06. The van der Waals surface area contributed by atoms with Gasteiger partial charge in [-0.3, -0.25) is 4.79 Å². The Labute approximate surface area is 241 Å². The Hall–Kier alpha value is -3.40. The zero-order valence-corrected chi connectivity index (χ0v) is 23.4. The number of ether oxygens (including phenoxy) is 1. The van der Waals surface area contributed by atoms with Gasteiger partial charge < -0.3 is 30.7 Å². The minimum atomic E-state index is -0.594. The van der Waals surface area contributed by atoms with Crippen molar-refractivity contribution in [3.8, 4) is 17.0 Å². The van der Waals surface area contributed by atoms with E-state index in [1.54, 1.807) is 12.1 Å². The lowest BCUT2D eigenvalue weighted by atomic mass is 9.71. The molecule has 212 valence electrons. The van der Waals surface area contributed by atoms with Gasteiger partial charge in [0.05, 0.1) is 29.0 Å². The van der Waals surface area contributed by atoms with Gasteiger partial charge in [0.25, 0.3) is 0 Å². The number of hydrogen-bond acceptors (Lipinski definition) is 8. The maximum atomic E-state index is 14.3. The number of piperidine rings is 2. The lowest BCUT2D eigenvalue weighted by molar-refractivity contribution is -0.147. The number of anilines is 2. The summed E-state index contributed by atoms with van der Waals surface area (Å²) in [7, 11) is 0. The van der Waals surface area contributed by atoms with Crippen LogP contribution in [-0.4, -0.2) is 77.6 Å². The highest BCUT2D eigenvalue weighted by molar-refractivity contribution is 5.89. The highest BCUT2D eigenvalue weighted by Crippen LogP contribution is 2.41. The minimum absolute atomic E-state index is 0. The molecule has 0 unspecified atom stereocenters. The van der Waals surface area contributed by atoms with E-state index in [1.165, 1.54) is 0 Å². The zero-order chi connectivity index (χ0) is 26.9. The summed E-state index contributed by atoms with van der Waals surface area (Å²) in [4.78, 5) is 18.6. The van der Waals surface area contributed by atoms with Crippen molar-refractivity contribution in [2.75, 3.05) is 56.5 Å². The van der Waals surface area contributed by atoms with Gasteiger partial charge in [-0.25, -0.2) is 0 Å². The monoisotopic (exact) mass is 564 g/mol. The van der Waals surface area contributed by atoms with E-state index in [1.807, 2.05) is 36.4 Å². The van der Waals surface area contributed by atoms with Gasteiger partial charge >= 0.3 is 0 Å². The molecule has 3 saturated heterocycles. The van der Waals surface area contributed by atoms with Crippen LogP contribution in [0.1, 0.15) is 31.2 Å². The Bertz CT molecular complexity index is 1320. The fraction of sp³-hybridized carbons (Fsp3) is 0.433. The van der Waals surface area contributed by atoms with E-state index in [-0.39, 0.29) is 29.7 Å². The van der Waals surface area contributed by atoms with Crippen LogP contribution in [0.2, 0.25) is 0 Å². The second-order valence-corrected chi connectivity index (χ2v) is 11.0. The number of phenols is 1. The number of aromatic hydroxyl groups is 1. The number of morpholine rings is 1. The number of halogens is 1. The molecule has 6 rings (SSSR count). The molecule has 1 aromatic heterocycles. The number of nitrogen functional groups attached to an aromatic ring is 1. The first kappa shape index (κ1) is 28.1. The number of hydrogen-bond donors (Lipinski definition) is 3. The van der Waals surface area contributed by atoms with Gasteiger partial charge in [0, 0.05) is 44.8 Å². The SMILES string of the molecule is Cl.Nc1nnc(-c2ccccc2O)cc1N1CCC(C(=O)N2CCC3(CC2)CNCCO3)(c2ccccc2)CC1. The average molecular weight is 565 g/mol. The smallest absolute Gasteiger partial charge is 0.233 e. The first-order valence-electron chi connectivity index (χ1n) is 13.9. The fourth-order valence-corrected chi connectivity index (χ4v) is 6.43. The topological polar surface area (TPSA) is 117 Å². The maximum Gasteiger partial charge on any atom is 0.233 e. The van der Waals surface area contributed by atoms with Crippen molar-refractivity contribution in [3.05, 3.63) is 66.2 Å². The molecule has 1 spiro atoms. The molecule has 9 nitrogen and oxygen atoms in total. The van der Waals surface area contributed by atoms with Crippen molar-refractivity contribution in [2.45, 2.75) is 36.7 Å². The van der Waals surface area contributed by atoms with Crippen molar-refractivity contribution in [3.63, 3.8) is 0 Å². The third kappa shape index (κ3) is 5.21. The number of para-hydroxylation sites is 1. The standard InChI is InChI=1S/C30H36N6O3.ClH/c31-27-25(20-24(33-34-27)23-8-4-5-9-26(23)37)35-17-12-30(13-18-35,22-6-2-1-3-7-22)28(38)36-15-10-29(11-16-36)21-32-14-19-39-29;/h1-9,20,32,37H,10-19,21H2,(H2,31,34);1H. The molecular formula is C30H37ClN6O3. The molecule has 0 bridgehead atoms. The van der Waals surface area contributed by atoms with Crippen LogP contribution in [0.4, 0.5) is 11.5 Å². The molecule has 3 aliphatic rings. The molecule has 3 fully saturated rings. The Balaban J connectivity index is 0.00000323. The van der Waals surface area contributed by atoms with Crippen LogP contribution < -0.4 is 16.0 Å². The first-order chi connectivity index (χ1) is 19.0. The van der Waals surface area contributed by atoms with Crippen LogP contribution in [0.3, 0.4) is 0 Å². The Morgan fingerprint density at radius 3 is 2.33 bits per heavy atom. The number of aromatic nitrogens is 2. The quantitative estimate of drug-likeness (QED) is 0.442. The number of carbonyl (C=O) groups is 1. The van der Waals surface area contributed by atoms with Crippen LogP contribution >= 0.6 is 12.4 Å². The average Bonchev–Trinajstić information content (AvgIpc) is 2.99. The molecule has 10 heteroatoms. The van der Waals surface area contributed by atoms with E-state index in [2.05, 4.69) is 37.4 Å². The third-order valence-electron chi connectivity index (χ3n) is 8.77. The summed E-state index contributed by atoms with van der Waals surface area (Å²) in [6, 6.07) is 19.2. The number of nitrogens with one attached hydrogen (secondary N) is 1. The number of nitrogens with zero attached hydrogens (tertiary/aromatic N) is 4. The summed E-state index contributed by atoms with van der Waals surface area (Å²) < 4.78 is 6.17. The summed E-state index contributed by atoms with van der Waals surface area (Å²) >= 11 is 0. The number of phenolic OH excluding ortho intramolecular Hbond substituents is 1. The highest BCUT2D eigenvalue weighted by Gasteiger charge is 2.47. The Morgan fingerprint density at radius 1 is 0.950 bits per heavy atom. The fourth-order valence-electron chi connectivity index (χ4n) is 6.43. The largest absolute Gasteiger partial charge is 0.507 e. The minimum Gasteiger partial charge on any atom is -0.507 e. The summed E-state index contributed by atoms with van der Waals surface area (Å²) in [5, 5.41) is 22.2. The molecule has 1 amide bonds. The second-order valence-electron chi connectivity index (χ2n) is 11.0. The lowest BCUT2D eigenvalue weighted by Gasteiger charge is -2.48. The van der Waals surface area contributed by atoms with Crippen molar-refractivity contribution in [2.24, 2.45) is 0 Å². The molecule has 0 radical (unpaired) electrons. The summed E-state index contributed by atoms with van der Waals surface area (Å²) in [5.41, 5.74) is 8.57. The number of benzene rings is 2. The van der Waals surface area contributed by atoms with Crippen LogP contribution in [0.25, 0.3) is 11.3 Å². The van der Waals surface area contributed by atoms with Crippen molar-refractivity contribution < 1.29 is 14.6 Å². The van der Waals surface area contributed by atoms with Gasteiger partial charge in [-0.05, 0) is 49.4 Å². The van der Waals surface area contributed by atoms with E-state index in [0.717, 1.165) is 43.8 Å². The molecule has 0 saturated carbocycles. The van der Waals surface area contributed by atoms with Crippen molar-refractivity contribution >= 4 is 29.8 Å². The number of likely N-dealkylation sites (tertiary alicyclic amines) is 1. The molecule has 0 atom stereocenters. The summed E-state index contributed by atoms with van der Waals surface area (Å²) in [5.74, 6) is 0.699. The predicted molar refractivity (Wildman–Crippen MR) is 158 cm³/mol. The molecule has 4 heterocycles. The van der Waals surface area contributed by atoms with Gasteiger partial charge in [-0.2, -0.15) is 0 Å². The van der Waals surface area contributed by atoms with Crippen LogP contribution in [0.15, 0.2) is 60.7 Å². The number of rotatable bonds is 4. The van der Waals surface area contributed by atoms with Gasteiger partial charge in [0.1, 0.15) is 5.75 Å². The Kier molecular flexibility index (Phi) is 8.16. The van der Waals surface area contributed by atoms with E-state index < -0.39 is 5.41 Å². The van der Waals surface area contributed by atoms with Crippen LogP contribution in [-0.2, 0) is 14.9 Å². The number of nitrogens with two attached hydrogens (primary N) is 1. The van der Waals surface area contributed by atoms with E-state index in [4.69, 9.17) is 10.5 Å². The van der Waals surface area contributed by atoms with Gasteiger partial charge in [0.2, 0.25) is 5.91 Å². The summed E-state index contributed by atoms with van der Waals surface area (Å²) in [6.45, 7) is 5.22. The normalized spacial score (nSPS) is 20.1. The number of carbonyl (C=O) groups excluding carboxylic acids is 1. The van der Waals surface area contributed by atoms with Gasteiger partial charge in [-0.15, -0.1) is 22.6 Å². The lowest BCUT2D eigenvalue weighted by Crippen LogP contribution is -2.59. The zero-order valence-electron chi connectivity index (χ0n) is 22.6. The molecule has 2 aromatic carbocycles. The third-order valence-corrected chi connectivity index (χ3v) is 8.77. The molecule has 3 aliphatic heterocycles. The first-order valence-corrected chi connectivity index (χ1v) is 13.9. The predicted octanol–water partition coefficient (Wildman–Crippen LogP) is 3.37. The van der Waals surface area contributed by atoms with Crippen LogP contribution in [0, 0.1) is 0 Å². The van der Waals surface area contributed by atoms with Gasteiger partial charge in [0.15, 0.2) is 5.82 Å². The van der Waals surface area contributed by atoms with Crippen molar-refractivity contribution in [1.82, 2.24) is 20.4 Å². The van der Waals surface area contributed by atoms with Crippen molar-refractivity contribution in [1.29, 1.82) is 0 Å². The van der Waals surface area contributed by atoms with E-state index >= 15 is 0 Å². The molecule has 4 N–H and O–H groups in total. The molecular weight excluding hydrogens is 528 g/mol. The number of amides is 1. The molecule has 0 aliphatic carbocycles. The maximum absolute atomic E-state index is 14.3. The molecule has 40 heavy (non-hydrogen) atoms. The second kappa shape index (κ2) is 11.6. The van der Waals surface area contributed by atoms with Gasteiger partial charge in [-0.1, -0.05) is 42.5 Å². The highest BCUT2D eigenvalue weighted by atomic mass is 35.5.